The minimum atomic E-state index is -0.824. The maximum atomic E-state index is 14.2. The average molecular weight is 845 g/mol. The van der Waals surface area contributed by atoms with Crippen molar-refractivity contribution in [2.24, 2.45) is 33.2 Å². The first-order valence-corrected chi connectivity index (χ1v) is 22.8. The van der Waals surface area contributed by atoms with Gasteiger partial charge in [-0.3, -0.25) is 29.4 Å². The summed E-state index contributed by atoms with van der Waals surface area (Å²) in [5, 5.41) is 6.50. The summed E-state index contributed by atoms with van der Waals surface area (Å²) in [6.45, 7) is 19.7. The van der Waals surface area contributed by atoms with Gasteiger partial charge >= 0.3 is 5.97 Å². The van der Waals surface area contributed by atoms with Gasteiger partial charge in [0, 0.05) is 79.6 Å². The lowest BCUT2D eigenvalue weighted by Crippen LogP contribution is -2.60. The Morgan fingerprint density at radius 2 is 1.97 bits per heavy atom. The van der Waals surface area contributed by atoms with Gasteiger partial charge in [0.25, 0.3) is 5.91 Å². The van der Waals surface area contributed by atoms with Gasteiger partial charge in [0.15, 0.2) is 0 Å². The number of benzene rings is 1. The zero-order valence-electron chi connectivity index (χ0n) is 36.5. The van der Waals surface area contributed by atoms with Crippen LogP contribution in [0.1, 0.15) is 96.5 Å². The number of allylic oxidation sites excluding steroid dienone is 2. The molecule has 326 valence electrons. The molecule has 14 heteroatoms. The minimum Gasteiger partial charge on any atom is -0.464 e. The highest BCUT2D eigenvalue weighted by Crippen LogP contribution is 2.46. The van der Waals surface area contributed by atoms with Crippen LogP contribution in [0, 0.1) is 23.2 Å². The summed E-state index contributed by atoms with van der Waals surface area (Å²) >= 11 is 1.63. The normalized spacial score (nSPS) is 28.5. The second-order valence-corrected chi connectivity index (χ2v) is 18.9. The molecule has 0 radical (unpaired) electrons. The maximum absolute atomic E-state index is 14.2. The lowest BCUT2D eigenvalue weighted by molar-refractivity contribution is -0.155. The molecule has 0 spiro atoms. The van der Waals surface area contributed by atoms with E-state index in [9.17, 15) is 14.4 Å². The number of methoxy groups -OCH3 is 1. The van der Waals surface area contributed by atoms with Crippen molar-refractivity contribution in [1.82, 2.24) is 20.3 Å². The fourth-order valence-electron chi connectivity index (χ4n) is 9.18. The molecule has 4 aliphatic heterocycles. The molecule has 5 aliphatic rings. The van der Waals surface area contributed by atoms with E-state index in [1.54, 1.807) is 25.1 Å². The van der Waals surface area contributed by atoms with Gasteiger partial charge in [-0.05, 0) is 81.0 Å². The summed E-state index contributed by atoms with van der Waals surface area (Å²) in [7, 11) is 1.69. The summed E-state index contributed by atoms with van der Waals surface area (Å²) in [6, 6.07) is 4.94. The highest BCUT2D eigenvalue weighted by molar-refractivity contribution is 8.14. The number of thioether (sulfide) groups is 1. The average Bonchev–Trinajstić information content (AvgIpc) is 3.50. The van der Waals surface area contributed by atoms with Crippen molar-refractivity contribution in [3.8, 4) is 0 Å². The number of fused-ring (bicyclic) bond motifs is 5. The Kier molecular flexibility index (Phi) is 14.1. The van der Waals surface area contributed by atoms with Crippen LogP contribution < -0.4 is 10.7 Å². The van der Waals surface area contributed by atoms with Gasteiger partial charge in [-0.2, -0.15) is 0 Å². The molecule has 7 rings (SSSR count). The van der Waals surface area contributed by atoms with Crippen LogP contribution in [0.2, 0.25) is 0 Å². The first-order valence-electron chi connectivity index (χ1n) is 21.8. The SMILES string of the molecule is C=C/C(=C(\N=CC)[C@H](C)OC)c1c2c3cc(ccc3n1CCOC1CCOCC1)C1CSC(=N1)C[C@H](NC(=O)C1[C@@H](C)[C@H]1C)C(=O)N1CCC[C@H](N1)C(=O)OCC(C)(C)C2. The summed E-state index contributed by atoms with van der Waals surface area (Å²) in [4.78, 5) is 51.6. The van der Waals surface area contributed by atoms with Crippen molar-refractivity contribution in [2.75, 3.05) is 45.8 Å². The van der Waals surface area contributed by atoms with Gasteiger partial charge in [-0.15, -0.1) is 11.8 Å². The van der Waals surface area contributed by atoms with E-state index in [-0.39, 0.29) is 60.8 Å². The fourth-order valence-corrected chi connectivity index (χ4v) is 10.3. The second-order valence-electron chi connectivity index (χ2n) is 17.8. The third-order valence-corrected chi connectivity index (χ3v) is 14.1. The number of aliphatic imine (C=N–C) groups is 2. The van der Waals surface area contributed by atoms with Crippen LogP contribution in [-0.2, 0) is 46.3 Å². The highest BCUT2D eigenvalue weighted by Gasteiger charge is 2.49. The van der Waals surface area contributed by atoms with E-state index in [1.807, 2.05) is 19.9 Å². The number of aromatic nitrogens is 1. The molecule has 2 N–H and O–H groups in total. The van der Waals surface area contributed by atoms with Crippen LogP contribution in [0.25, 0.3) is 16.5 Å². The molecule has 1 aliphatic carbocycles. The predicted octanol–water partition coefficient (Wildman–Crippen LogP) is 6.44. The number of ether oxygens (including phenoxy) is 4. The Morgan fingerprint density at radius 3 is 2.67 bits per heavy atom. The van der Waals surface area contributed by atoms with Crippen LogP contribution in [0.15, 0.2) is 46.5 Å². The largest absolute Gasteiger partial charge is 0.464 e. The number of hydrogen-bond acceptors (Lipinski definition) is 11. The van der Waals surface area contributed by atoms with Crippen LogP contribution in [0.4, 0.5) is 0 Å². The van der Waals surface area contributed by atoms with Gasteiger partial charge in [-0.25, -0.2) is 5.43 Å². The van der Waals surface area contributed by atoms with Crippen molar-refractivity contribution in [1.29, 1.82) is 0 Å². The zero-order chi connectivity index (χ0) is 42.7. The lowest BCUT2D eigenvalue weighted by Gasteiger charge is -2.35. The highest BCUT2D eigenvalue weighted by atomic mass is 32.2. The number of hydrogen-bond donors (Lipinski definition) is 2. The van der Waals surface area contributed by atoms with Crippen molar-refractivity contribution in [3.63, 3.8) is 0 Å². The molecule has 2 saturated heterocycles. The van der Waals surface area contributed by atoms with Gasteiger partial charge in [-0.1, -0.05) is 46.4 Å². The molecule has 2 amide bonds. The van der Waals surface area contributed by atoms with E-state index in [1.165, 1.54) is 5.01 Å². The van der Waals surface area contributed by atoms with E-state index >= 15 is 0 Å². The Morgan fingerprint density at radius 1 is 1.20 bits per heavy atom. The third-order valence-electron chi connectivity index (χ3n) is 13.0. The number of carbonyl (C=O) groups is 3. The van der Waals surface area contributed by atoms with Gasteiger partial charge in [0.2, 0.25) is 5.91 Å². The molecule has 2 unspecified atom stereocenters. The standard InChI is InChI=1S/C46H64N6O7S/c1-9-32(41(47-10-2)29(5)56-8)42-34-24-46(6,7)26-59-45(55)35-12-11-17-52(50-35)44(54)36(49-43(53)40-27(3)28(40)4)23-39-48-37(25-60-39)30-13-14-38(33(34)22-30)51(42)18-21-58-31-15-19-57-20-16-31/h9-10,13-14,22,27-29,31,35-37,40,50H,1,11-12,15-21,23-26H2,2-8H3,(H,49,53)/b41-32+,47-10?/t27-,28+,29-,35-,36-,37?,40?/m0/s1. The van der Waals surface area contributed by atoms with Crippen molar-refractivity contribution in [3.05, 3.63) is 53.4 Å². The monoisotopic (exact) mass is 844 g/mol. The van der Waals surface area contributed by atoms with E-state index in [0.29, 0.717) is 57.9 Å². The molecule has 5 heterocycles. The predicted molar refractivity (Wildman–Crippen MR) is 237 cm³/mol. The smallest absolute Gasteiger partial charge is 0.324 e. The van der Waals surface area contributed by atoms with Crippen LogP contribution >= 0.6 is 11.8 Å². The summed E-state index contributed by atoms with van der Waals surface area (Å²) in [5.74, 6) is 0.338. The first-order chi connectivity index (χ1) is 28.8. The van der Waals surface area contributed by atoms with E-state index in [2.05, 4.69) is 67.8 Å². The van der Waals surface area contributed by atoms with Gasteiger partial charge in [0.05, 0.1) is 47.9 Å². The topological polar surface area (TPSA) is 145 Å². The Labute approximate surface area is 359 Å². The molecular weight excluding hydrogens is 781 g/mol. The molecule has 2 aromatic rings. The number of cyclic esters (lactones) is 1. The minimum absolute atomic E-state index is 0.108. The summed E-state index contributed by atoms with van der Waals surface area (Å²) in [5.41, 5.74) is 8.49. The number of hydrazine groups is 1. The Bertz CT molecular complexity index is 2030. The number of nitrogens with one attached hydrogen (secondary N) is 2. The van der Waals surface area contributed by atoms with E-state index in [0.717, 1.165) is 56.9 Å². The molecule has 1 aromatic carbocycles. The van der Waals surface area contributed by atoms with E-state index in [4.69, 9.17) is 28.9 Å². The summed E-state index contributed by atoms with van der Waals surface area (Å²) in [6.07, 6.45) is 7.23. The Hall–Kier alpha value is -3.82. The van der Waals surface area contributed by atoms with Crippen LogP contribution in [0.5, 0.6) is 0 Å². The van der Waals surface area contributed by atoms with Crippen molar-refractivity contribution in [2.45, 2.75) is 117 Å². The second kappa shape index (κ2) is 19.1. The van der Waals surface area contributed by atoms with Crippen LogP contribution in [0.3, 0.4) is 0 Å². The molecule has 3 fully saturated rings. The summed E-state index contributed by atoms with van der Waals surface area (Å²) < 4.78 is 26.5. The molecule has 60 heavy (non-hydrogen) atoms. The molecular formula is C46H64N6O7S. The van der Waals surface area contributed by atoms with Crippen LogP contribution in [-0.4, -0.2) is 109 Å². The van der Waals surface area contributed by atoms with Crippen molar-refractivity contribution >= 4 is 57.3 Å². The van der Waals surface area contributed by atoms with Crippen molar-refractivity contribution < 1.29 is 33.3 Å². The number of carbonyl (C=O) groups excluding carboxylic acids is 3. The molecule has 1 aromatic heterocycles. The van der Waals surface area contributed by atoms with Gasteiger partial charge in [0.1, 0.15) is 12.1 Å². The molecule has 13 nitrogen and oxygen atoms in total. The molecule has 7 atom stereocenters. The van der Waals surface area contributed by atoms with Gasteiger partial charge < -0.3 is 28.8 Å². The number of amides is 2. The third kappa shape index (κ3) is 9.62. The Balaban J connectivity index is 1.35. The maximum Gasteiger partial charge on any atom is 0.324 e. The van der Waals surface area contributed by atoms with E-state index < -0.39 is 23.5 Å². The zero-order valence-corrected chi connectivity index (χ0v) is 37.3. The lowest BCUT2D eigenvalue weighted by atomic mass is 9.84. The molecule has 1 saturated carbocycles. The number of esters is 1. The fraction of sp³-hybridized carbons (Fsp3) is 0.630. The number of rotatable bonds is 11. The quantitative estimate of drug-likeness (QED) is 0.148. The number of nitrogens with zero attached hydrogens (tertiary/aromatic N) is 4. The first kappa shape index (κ1) is 44.2. The molecule has 6 bridgehead atoms.